The first-order valence-electron chi connectivity index (χ1n) is 6.17. The highest BCUT2D eigenvalue weighted by molar-refractivity contribution is 9.10. The molecule has 1 amide bonds. The zero-order valence-corrected chi connectivity index (χ0v) is 11.9. The third-order valence-electron chi connectivity index (χ3n) is 2.52. The van der Waals surface area contributed by atoms with E-state index in [4.69, 9.17) is 0 Å². The molecule has 0 bridgehead atoms. The summed E-state index contributed by atoms with van der Waals surface area (Å²) in [5.41, 5.74) is 0. The molecule has 0 saturated heterocycles. The third kappa shape index (κ3) is 6.46. The molecule has 0 radical (unpaired) electrons. The second kappa shape index (κ2) is 8.28. The van der Waals surface area contributed by atoms with Crippen LogP contribution in [0.3, 0.4) is 0 Å². The van der Waals surface area contributed by atoms with Crippen LogP contribution in [-0.4, -0.2) is 22.2 Å². The van der Waals surface area contributed by atoms with Gasteiger partial charge in [0.25, 0.3) is 0 Å². The van der Waals surface area contributed by atoms with Gasteiger partial charge in [-0.05, 0) is 22.4 Å². The van der Waals surface area contributed by atoms with E-state index in [1.165, 1.54) is 19.3 Å². The lowest BCUT2D eigenvalue weighted by molar-refractivity contribution is -0.121. The van der Waals surface area contributed by atoms with Crippen LogP contribution < -0.4 is 5.32 Å². The predicted octanol–water partition coefficient (Wildman–Crippen LogP) is 2.73. The van der Waals surface area contributed by atoms with Gasteiger partial charge in [0.1, 0.15) is 0 Å². The molecule has 1 N–H and O–H groups in total. The van der Waals surface area contributed by atoms with Crippen molar-refractivity contribution in [1.29, 1.82) is 0 Å². The number of nitrogens with zero attached hydrogens (tertiary/aromatic N) is 2. The van der Waals surface area contributed by atoms with Crippen molar-refractivity contribution in [1.82, 2.24) is 15.1 Å². The van der Waals surface area contributed by atoms with Gasteiger partial charge in [0.15, 0.2) is 0 Å². The highest BCUT2D eigenvalue weighted by Gasteiger charge is 2.02. The number of rotatable bonds is 8. The fraction of sp³-hybridized carbons (Fsp3) is 0.667. The van der Waals surface area contributed by atoms with Gasteiger partial charge in [-0.3, -0.25) is 9.48 Å². The molecule has 1 aromatic rings. The number of halogens is 1. The second-order valence-corrected chi connectivity index (χ2v) is 5.00. The summed E-state index contributed by atoms with van der Waals surface area (Å²) in [5.74, 6) is 0.105. The van der Waals surface area contributed by atoms with Gasteiger partial charge in [-0.25, -0.2) is 0 Å². The molecule has 0 aliphatic rings. The normalized spacial score (nSPS) is 10.5. The maximum Gasteiger partial charge on any atom is 0.221 e. The summed E-state index contributed by atoms with van der Waals surface area (Å²) in [6, 6.07) is 0. The lowest BCUT2D eigenvalue weighted by atomic mass is 10.2. The van der Waals surface area contributed by atoms with Crippen molar-refractivity contribution < 1.29 is 4.79 Å². The molecule has 4 nitrogen and oxygen atoms in total. The van der Waals surface area contributed by atoms with Crippen LogP contribution >= 0.6 is 15.9 Å². The monoisotopic (exact) mass is 301 g/mol. The van der Waals surface area contributed by atoms with E-state index in [0.717, 1.165) is 17.4 Å². The maximum atomic E-state index is 11.5. The van der Waals surface area contributed by atoms with Gasteiger partial charge in [-0.1, -0.05) is 26.2 Å². The first kappa shape index (κ1) is 14.2. The Morgan fingerprint density at radius 2 is 2.29 bits per heavy atom. The van der Waals surface area contributed by atoms with E-state index in [0.29, 0.717) is 13.0 Å². The van der Waals surface area contributed by atoms with Gasteiger partial charge in [0, 0.05) is 25.7 Å². The highest BCUT2D eigenvalue weighted by Crippen LogP contribution is 2.06. The minimum Gasteiger partial charge on any atom is -0.356 e. The maximum absolute atomic E-state index is 11.5. The van der Waals surface area contributed by atoms with E-state index in [-0.39, 0.29) is 5.91 Å². The molecular weight excluding hydrogens is 282 g/mol. The van der Waals surface area contributed by atoms with E-state index < -0.39 is 0 Å². The number of carbonyl (C=O) groups excluding carboxylic acids is 1. The van der Waals surface area contributed by atoms with Crippen molar-refractivity contribution in [2.75, 3.05) is 6.54 Å². The Kier molecular flexibility index (Phi) is 6.93. The molecule has 0 atom stereocenters. The van der Waals surface area contributed by atoms with Crippen molar-refractivity contribution in [3.63, 3.8) is 0 Å². The van der Waals surface area contributed by atoms with Crippen LogP contribution in [0, 0.1) is 0 Å². The highest BCUT2D eigenvalue weighted by atomic mass is 79.9. The number of aromatic nitrogens is 2. The van der Waals surface area contributed by atoms with Crippen molar-refractivity contribution >= 4 is 21.8 Å². The standard InChI is InChI=1S/C12H20BrN3O/c1-2-3-4-5-7-14-12(17)6-8-16-10-11(13)9-15-16/h9-10H,2-8H2,1H3,(H,14,17). The van der Waals surface area contributed by atoms with Crippen LogP contribution in [0.1, 0.15) is 39.0 Å². The van der Waals surface area contributed by atoms with Crippen molar-refractivity contribution in [3.8, 4) is 0 Å². The lowest BCUT2D eigenvalue weighted by Gasteiger charge is -2.05. The van der Waals surface area contributed by atoms with Crippen molar-refractivity contribution in [2.24, 2.45) is 0 Å². The van der Waals surface area contributed by atoms with Crippen LogP contribution in [0.4, 0.5) is 0 Å². The predicted molar refractivity (Wildman–Crippen MR) is 71.7 cm³/mol. The molecule has 0 aliphatic heterocycles. The molecule has 0 spiro atoms. The minimum absolute atomic E-state index is 0.105. The molecule has 17 heavy (non-hydrogen) atoms. The molecule has 1 rings (SSSR count). The van der Waals surface area contributed by atoms with Gasteiger partial charge in [0.2, 0.25) is 5.91 Å². The average molecular weight is 302 g/mol. The molecule has 0 fully saturated rings. The van der Waals surface area contributed by atoms with Crippen LogP contribution in [-0.2, 0) is 11.3 Å². The van der Waals surface area contributed by atoms with Gasteiger partial charge in [-0.2, -0.15) is 5.10 Å². The zero-order valence-electron chi connectivity index (χ0n) is 10.3. The Balaban J connectivity index is 2.05. The average Bonchev–Trinajstić information content (AvgIpc) is 2.72. The zero-order chi connectivity index (χ0) is 12.5. The molecule has 0 saturated carbocycles. The van der Waals surface area contributed by atoms with Crippen molar-refractivity contribution in [3.05, 3.63) is 16.9 Å². The number of hydrogen-bond acceptors (Lipinski definition) is 2. The fourth-order valence-electron chi connectivity index (χ4n) is 1.54. The summed E-state index contributed by atoms with van der Waals surface area (Å²) in [4.78, 5) is 11.5. The summed E-state index contributed by atoms with van der Waals surface area (Å²) in [6.07, 6.45) is 8.83. The SMILES string of the molecule is CCCCCCNC(=O)CCn1cc(Br)cn1. The molecular formula is C12H20BrN3O. The molecule has 5 heteroatoms. The summed E-state index contributed by atoms with van der Waals surface area (Å²) in [7, 11) is 0. The fourth-order valence-corrected chi connectivity index (χ4v) is 1.87. The third-order valence-corrected chi connectivity index (χ3v) is 2.93. The first-order valence-corrected chi connectivity index (χ1v) is 6.96. The molecule has 1 heterocycles. The quantitative estimate of drug-likeness (QED) is 0.751. The Morgan fingerprint density at radius 3 is 2.94 bits per heavy atom. The number of unbranched alkanes of at least 4 members (excludes halogenated alkanes) is 3. The second-order valence-electron chi connectivity index (χ2n) is 4.08. The molecule has 96 valence electrons. The van der Waals surface area contributed by atoms with Crippen LogP contribution in [0.5, 0.6) is 0 Å². The molecule has 0 unspecified atom stereocenters. The van der Waals surface area contributed by atoms with E-state index in [9.17, 15) is 4.79 Å². The number of hydrogen-bond donors (Lipinski definition) is 1. The smallest absolute Gasteiger partial charge is 0.221 e. The topological polar surface area (TPSA) is 46.9 Å². The van der Waals surface area contributed by atoms with Crippen LogP contribution in [0.2, 0.25) is 0 Å². The number of nitrogens with one attached hydrogen (secondary N) is 1. The van der Waals surface area contributed by atoms with Crippen molar-refractivity contribution in [2.45, 2.75) is 45.6 Å². The minimum atomic E-state index is 0.105. The molecule has 0 aromatic carbocycles. The first-order chi connectivity index (χ1) is 8.22. The van der Waals surface area contributed by atoms with E-state index >= 15 is 0 Å². The number of carbonyl (C=O) groups is 1. The molecule has 1 aromatic heterocycles. The Bertz CT molecular complexity index is 338. The summed E-state index contributed by atoms with van der Waals surface area (Å²) >= 11 is 3.32. The van der Waals surface area contributed by atoms with Gasteiger partial charge >= 0.3 is 0 Å². The van der Waals surface area contributed by atoms with Crippen LogP contribution in [0.25, 0.3) is 0 Å². The Hall–Kier alpha value is -0.840. The summed E-state index contributed by atoms with van der Waals surface area (Å²) in [5, 5.41) is 7.03. The lowest BCUT2D eigenvalue weighted by Crippen LogP contribution is -2.25. The van der Waals surface area contributed by atoms with Gasteiger partial charge < -0.3 is 5.32 Å². The largest absolute Gasteiger partial charge is 0.356 e. The van der Waals surface area contributed by atoms with E-state index in [1.807, 2.05) is 6.20 Å². The number of amides is 1. The van der Waals surface area contributed by atoms with E-state index in [1.54, 1.807) is 10.9 Å². The molecule has 0 aliphatic carbocycles. The summed E-state index contributed by atoms with van der Waals surface area (Å²) in [6.45, 7) is 3.61. The number of aryl methyl sites for hydroxylation is 1. The van der Waals surface area contributed by atoms with Gasteiger partial charge in [0.05, 0.1) is 10.7 Å². The van der Waals surface area contributed by atoms with Crippen LogP contribution in [0.15, 0.2) is 16.9 Å². The Labute approximate surface area is 111 Å². The summed E-state index contributed by atoms with van der Waals surface area (Å²) < 4.78 is 2.71. The van der Waals surface area contributed by atoms with Gasteiger partial charge in [-0.15, -0.1) is 0 Å². The Morgan fingerprint density at radius 1 is 1.47 bits per heavy atom. The van der Waals surface area contributed by atoms with E-state index in [2.05, 4.69) is 33.3 Å².